The predicted octanol–water partition coefficient (Wildman–Crippen LogP) is 2.90. The van der Waals surface area contributed by atoms with Gasteiger partial charge in [-0.05, 0) is 54.8 Å². The van der Waals surface area contributed by atoms with Crippen LogP contribution in [0.4, 0.5) is 0 Å². The van der Waals surface area contributed by atoms with Gasteiger partial charge >= 0.3 is 0 Å². The highest BCUT2D eigenvalue weighted by Gasteiger charge is 2.30. The Labute approximate surface area is 156 Å². The molecule has 7 heteroatoms. The lowest BCUT2D eigenvalue weighted by Gasteiger charge is -2.15. The number of imidazole rings is 1. The number of fused-ring (bicyclic) bond motifs is 1. The first-order valence-corrected chi connectivity index (χ1v) is 9.84. The van der Waals surface area contributed by atoms with Crippen LogP contribution in [-0.2, 0) is 11.3 Å². The number of amides is 1. The topological polar surface area (TPSA) is 71.0 Å². The molecule has 136 valence electrons. The van der Waals surface area contributed by atoms with E-state index in [1.54, 1.807) is 11.3 Å². The van der Waals surface area contributed by atoms with Crippen LogP contribution in [0.15, 0.2) is 41.1 Å². The van der Waals surface area contributed by atoms with Crippen LogP contribution in [-0.4, -0.2) is 21.5 Å². The third-order valence-corrected chi connectivity index (χ3v) is 5.47. The highest BCUT2D eigenvalue weighted by atomic mass is 32.1. The molecule has 1 aromatic carbocycles. The SMILES string of the molecule is CC(C)n1c(CNC(=O)C2CC(c3ccsc3)NN2)nc2ccccc21. The molecule has 2 aromatic heterocycles. The Kier molecular flexibility index (Phi) is 4.76. The average Bonchev–Trinajstić information content (AvgIpc) is 3.37. The van der Waals surface area contributed by atoms with Crippen molar-refractivity contribution >= 4 is 28.3 Å². The summed E-state index contributed by atoms with van der Waals surface area (Å²) in [4.78, 5) is 17.3. The van der Waals surface area contributed by atoms with Gasteiger partial charge in [0.1, 0.15) is 11.9 Å². The highest BCUT2D eigenvalue weighted by Crippen LogP contribution is 2.24. The molecular formula is C19H23N5OS. The normalized spacial score (nSPS) is 20.1. The van der Waals surface area contributed by atoms with Crippen LogP contribution in [0.3, 0.4) is 0 Å². The van der Waals surface area contributed by atoms with Gasteiger partial charge in [0.2, 0.25) is 5.91 Å². The first-order valence-electron chi connectivity index (χ1n) is 8.90. The van der Waals surface area contributed by atoms with E-state index in [0.717, 1.165) is 23.3 Å². The number of hydrogen-bond donors (Lipinski definition) is 3. The summed E-state index contributed by atoms with van der Waals surface area (Å²) in [6.07, 6.45) is 0.739. The van der Waals surface area contributed by atoms with Gasteiger partial charge in [-0.2, -0.15) is 11.3 Å². The fourth-order valence-corrected chi connectivity index (χ4v) is 4.22. The van der Waals surface area contributed by atoms with Crippen LogP contribution < -0.4 is 16.2 Å². The van der Waals surface area contributed by atoms with E-state index in [0.29, 0.717) is 6.54 Å². The van der Waals surface area contributed by atoms with Crippen molar-refractivity contribution in [2.75, 3.05) is 0 Å². The summed E-state index contributed by atoms with van der Waals surface area (Å²) in [7, 11) is 0. The molecule has 26 heavy (non-hydrogen) atoms. The van der Waals surface area contributed by atoms with Crippen LogP contribution in [0.25, 0.3) is 11.0 Å². The fraction of sp³-hybridized carbons (Fsp3) is 0.368. The number of para-hydroxylation sites is 2. The maximum atomic E-state index is 12.6. The Morgan fingerprint density at radius 2 is 2.19 bits per heavy atom. The molecule has 0 radical (unpaired) electrons. The molecule has 2 atom stereocenters. The first kappa shape index (κ1) is 17.2. The molecule has 1 amide bonds. The number of carbonyl (C=O) groups excluding carboxylic acids is 1. The number of rotatable bonds is 5. The summed E-state index contributed by atoms with van der Waals surface area (Å²) in [5.74, 6) is 0.882. The van der Waals surface area contributed by atoms with E-state index < -0.39 is 0 Å². The van der Waals surface area contributed by atoms with E-state index in [1.165, 1.54) is 5.56 Å². The van der Waals surface area contributed by atoms with Crippen molar-refractivity contribution in [2.45, 2.75) is 44.9 Å². The lowest BCUT2D eigenvalue weighted by molar-refractivity contribution is -0.123. The maximum absolute atomic E-state index is 12.6. The average molecular weight is 369 g/mol. The third kappa shape index (κ3) is 3.25. The molecule has 0 bridgehead atoms. The molecular weight excluding hydrogens is 346 g/mol. The summed E-state index contributed by atoms with van der Waals surface area (Å²) < 4.78 is 2.18. The maximum Gasteiger partial charge on any atom is 0.238 e. The van der Waals surface area contributed by atoms with Gasteiger partial charge in [-0.15, -0.1) is 0 Å². The van der Waals surface area contributed by atoms with Crippen LogP contribution in [0.2, 0.25) is 0 Å². The van der Waals surface area contributed by atoms with E-state index in [-0.39, 0.29) is 24.0 Å². The lowest BCUT2D eigenvalue weighted by atomic mass is 10.0. The zero-order valence-electron chi connectivity index (χ0n) is 14.9. The van der Waals surface area contributed by atoms with Gasteiger partial charge in [0.25, 0.3) is 0 Å². The molecule has 3 heterocycles. The van der Waals surface area contributed by atoms with Gasteiger partial charge in [0.15, 0.2) is 0 Å². The molecule has 3 N–H and O–H groups in total. The zero-order valence-corrected chi connectivity index (χ0v) is 15.7. The van der Waals surface area contributed by atoms with Crippen LogP contribution in [0.5, 0.6) is 0 Å². The second-order valence-corrected chi connectivity index (χ2v) is 7.66. The zero-order chi connectivity index (χ0) is 18.1. The van der Waals surface area contributed by atoms with Gasteiger partial charge < -0.3 is 9.88 Å². The third-order valence-electron chi connectivity index (χ3n) is 4.77. The Bertz CT molecular complexity index is 902. The van der Waals surface area contributed by atoms with Gasteiger partial charge in [0, 0.05) is 12.1 Å². The smallest absolute Gasteiger partial charge is 0.238 e. The summed E-state index contributed by atoms with van der Waals surface area (Å²) >= 11 is 1.67. The second-order valence-electron chi connectivity index (χ2n) is 6.88. The Balaban J connectivity index is 1.44. The Morgan fingerprint density at radius 1 is 1.35 bits per heavy atom. The number of nitrogens with zero attached hydrogens (tertiary/aromatic N) is 2. The van der Waals surface area contributed by atoms with Crippen molar-refractivity contribution in [3.05, 3.63) is 52.5 Å². The van der Waals surface area contributed by atoms with Crippen molar-refractivity contribution in [3.8, 4) is 0 Å². The molecule has 0 saturated carbocycles. The van der Waals surface area contributed by atoms with Crippen molar-refractivity contribution in [3.63, 3.8) is 0 Å². The van der Waals surface area contributed by atoms with Gasteiger partial charge in [-0.3, -0.25) is 4.79 Å². The van der Waals surface area contributed by atoms with E-state index >= 15 is 0 Å². The van der Waals surface area contributed by atoms with Gasteiger partial charge in [-0.1, -0.05) is 12.1 Å². The minimum absolute atomic E-state index is 0.00223. The number of aromatic nitrogens is 2. The predicted molar refractivity (Wildman–Crippen MR) is 104 cm³/mol. The molecule has 1 fully saturated rings. The first-order chi connectivity index (χ1) is 12.6. The number of hydrazine groups is 1. The number of hydrogen-bond acceptors (Lipinski definition) is 5. The molecule has 0 spiro atoms. The standard InChI is InChI=1S/C19H23N5OS/c1-12(2)24-17-6-4-3-5-14(17)21-18(24)10-20-19(25)16-9-15(22-23-16)13-7-8-26-11-13/h3-8,11-12,15-16,22-23H,9-10H2,1-2H3,(H,20,25). The van der Waals surface area contributed by atoms with Crippen molar-refractivity contribution in [1.82, 2.24) is 25.7 Å². The van der Waals surface area contributed by atoms with E-state index in [9.17, 15) is 4.79 Å². The van der Waals surface area contributed by atoms with E-state index in [1.807, 2.05) is 18.2 Å². The van der Waals surface area contributed by atoms with Gasteiger partial charge in [-0.25, -0.2) is 15.8 Å². The van der Waals surface area contributed by atoms with Crippen molar-refractivity contribution in [2.24, 2.45) is 0 Å². The molecule has 0 aliphatic carbocycles. The monoisotopic (exact) mass is 369 g/mol. The summed E-state index contributed by atoms with van der Waals surface area (Å²) in [6, 6.07) is 10.4. The largest absolute Gasteiger partial charge is 0.347 e. The van der Waals surface area contributed by atoms with Crippen LogP contribution in [0.1, 0.15) is 43.7 Å². The van der Waals surface area contributed by atoms with E-state index in [2.05, 4.69) is 57.5 Å². The molecule has 2 unspecified atom stereocenters. The molecule has 4 rings (SSSR count). The fourth-order valence-electron chi connectivity index (χ4n) is 3.50. The number of benzene rings is 1. The molecule has 1 saturated heterocycles. The van der Waals surface area contributed by atoms with Gasteiger partial charge in [0.05, 0.1) is 17.6 Å². The quantitative estimate of drug-likeness (QED) is 0.647. The minimum Gasteiger partial charge on any atom is -0.347 e. The summed E-state index contributed by atoms with van der Waals surface area (Å²) in [5.41, 5.74) is 9.61. The molecule has 1 aliphatic heterocycles. The Morgan fingerprint density at radius 3 is 2.96 bits per heavy atom. The summed E-state index contributed by atoms with van der Waals surface area (Å²) in [5, 5.41) is 7.21. The molecule has 3 aromatic rings. The molecule has 6 nitrogen and oxygen atoms in total. The highest BCUT2D eigenvalue weighted by molar-refractivity contribution is 7.07. The minimum atomic E-state index is -0.239. The number of nitrogens with one attached hydrogen (secondary N) is 3. The van der Waals surface area contributed by atoms with E-state index in [4.69, 9.17) is 4.98 Å². The van der Waals surface area contributed by atoms with Crippen LogP contribution >= 0.6 is 11.3 Å². The van der Waals surface area contributed by atoms with Crippen LogP contribution in [0, 0.1) is 0 Å². The molecule has 1 aliphatic rings. The number of thiophene rings is 1. The Hall–Kier alpha value is -2.22. The van der Waals surface area contributed by atoms with Crippen molar-refractivity contribution in [1.29, 1.82) is 0 Å². The summed E-state index contributed by atoms with van der Waals surface area (Å²) in [6.45, 7) is 4.69. The lowest BCUT2D eigenvalue weighted by Crippen LogP contribution is -2.43. The second kappa shape index (κ2) is 7.19. The number of carbonyl (C=O) groups is 1. The van der Waals surface area contributed by atoms with Crippen molar-refractivity contribution < 1.29 is 4.79 Å².